The summed E-state index contributed by atoms with van der Waals surface area (Å²) in [6.45, 7) is 2.22. The normalized spacial score (nSPS) is 19.7. The summed E-state index contributed by atoms with van der Waals surface area (Å²) in [4.78, 5) is 30.3. The number of amides is 3. The summed E-state index contributed by atoms with van der Waals surface area (Å²) in [5.41, 5.74) is 0.333. The number of morpholine rings is 1. The van der Waals surface area contributed by atoms with Crippen LogP contribution in [0.1, 0.15) is 29.8 Å². The Morgan fingerprint density at radius 2 is 1.94 bits per heavy atom. The number of hydrogen-bond donors (Lipinski definition) is 1. The lowest BCUT2D eigenvalue weighted by Crippen LogP contribution is -2.52. The summed E-state index contributed by atoms with van der Waals surface area (Å²) in [5.74, 6) is -0.688. The van der Waals surface area contributed by atoms with E-state index in [1.54, 1.807) is 11.8 Å². The third-order valence-corrected chi connectivity index (χ3v) is 5.58. The summed E-state index contributed by atoms with van der Waals surface area (Å²) in [5, 5.41) is 8.22. The van der Waals surface area contributed by atoms with Gasteiger partial charge in [0.15, 0.2) is 0 Å². The Bertz CT molecular complexity index is 1090. The number of urea groups is 1. The van der Waals surface area contributed by atoms with Crippen molar-refractivity contribution in [1.29, 1.82) is 0 Å². The molecule has 1 aromatic carbocycles. The summed E-state index contributed by atoms with van der Waals surface area (Å²) >= 11 is 0. The van der Waals surface area contributed by atoms with E-state index in [1.165, 1.54) is 30.3 Å². The van der Waals surface area contributed by atoms with E-state index < -0.39 is 35.8 Å². The van der Waals surface area contributed by atoms with Gasteiger partial charge in [-0.15, -0.1) is 0 Å². The molecule has 0 saturated carbocycles. The number of ether oxygens (including phenoxy) is 1. The predicted octanol–water partition coefficient (Wildman–Crippen LogP) is 2.96. The Kier molecular flexibility index (Phi) is 6.51. The maximum atomic E-state index is 13.4. The van der Waals surface area contributed by atoms with Gasteiger partial charge in [0, 0.05) is 18.3 Å². The van der Waals surface area contributed by atoms with Crippen LogP contribution in [0.25, 0.3) is 0 Å². The second-order valence-electron chi connectivity index (χ2n) is 7.88. The van der Waals surface area contributed by atoms with E-state index >= 15 is 0 Å². The van der Waals surface area contributed by atoms with Crippen molar-refractivity contribution in [3.63, 3.8) is 0 Å². The Balaban J connectivity index is 1.52. The highest BCUT2D eigenvalue weighted by Gasteiger charge is 2.39. The second-order valence-corrected chi connectivity index (χ2v) is 7.88. The SMILES string of the molecule is C[C@@H](NC(=O)N1C[C@H](N2CCOCC2=O)C(c2ccc(F)cc2)=N1)c1ccc(C(F)(F)F)nc1. The molecule has 0 aliphatic carbocycles. The highest BCUT2D eigenvalue weighted by Crippen LogP contribution is 2.28. The molecular formula is C22H21F4N5O3. The van der Waals surface area contributed by atoms with Crippen molar-refractivity contribution in [2.45, 2.75) is 25.2 Å². The fourth-order valence-corrected chi connectivity index (χ4v) is 3.76. The van der Waals surface area contributed by atoms with Gasteiger partial charge in [0.25, 0.3) is 0 Å². The molecule has 0 unspecified atom stereocenters. The number of halogens is 4. The molecule has 12 heteroatoms. The van der Waals surface area contributed by atoms with Crippen LogP contribution in [0.2, 0.25) is 0 Å². The molecule has 34 heavy (non-hydrogen) atoms. The molecule has 2 aliphatic rings. The van der Waals surface area contributed by atoms with Gasteiger partial charge in [-0.25, -0.2) is 14.2 Å². The molecule has 4 rings (SSSR count). The van der Waals surface area contributed by atoms with Gasteiger partial charge in [0.05, 0.1) is 30.9 Å². The number of carbonyl (C=O) groups excluding carboxylic acids is 2. The number of rotatable bonds is 4. The molecule has 2 aromatic rings. The van der Waals surface area contributed by atoms with Crippen LogP contribution >= 0.6 is 0 Å². The van der Waals surface area contributed by atoms with Gasteiger partial charge in [0.2, 0.25) is 5.91 Å². The van der Waals surface area contributed by atoms with E-state index in [0.29, 0.717) is 30.0 Å². The van der Waals surface area contributed by atoms with E-state index in [9.17, 15) is 27.2 Å². The van der Waals surface area contributed by atoms with Gasteiger partial charge in [0.1, 0.15) is 18.1 Å². The van der Waals surface area contributed by atoms with Gasteiger partial charge in [-0.05, 0) is 30.7 Å². The molecule has 0 radical (unpaired) electrons. The Morgan fingerprint density at radius 3 is 2.56 bits per heavy atom. The number of hydrogen-bond acceptors (Lipinski definition) is 5. The number of benzene rings is 1. The average molecular weight is 479 g/mol. The Morgan fingerprint density at radius 1 is 1.21 bits per heavy atom. The molecule has 180 valence electrons. The zero-order valence-electron chi connectivity index (χ0n) is 18.1. The molecule has 1 N–H and O–H groups in total. The van der Waals surface area contributed by atoms with Crippen LogP contribution in [0.4, 0.5) is 22.4 Å². The van der Waals surface area contributed by atoms with Crippen LogP contribution in [0.3, 0.4) is 0 Å². The van der Waals surface area contributed by atoms with Crippen molar-refractivity contribution in [3.05, 3.63) is 65.2 Å². The number of alkyl halides is 3. The third kappa shape index (κ3) is 5.01. The number of aromatic nitrogens is 1. The molecule has 0 spiro atoms. The molecule has 1 fully saturated rings. The maximum Gasteiger partial charge on any atom is 0.433 e. The van der Waals surface area contributed by atoms with Crippen molar-refractivity contribution in [1.82, 2.24) is 20.2 Å². The van der Waals surface area contributed by atoms with Crippen molar-refractivity contribution in [3.8, 4) is 0 Å². The number of nitrogens with zero attached hydrogens (tertiary/aromatic N) is 4. The van der Waals surface area contributed by atoms with Crippen LogP contribution < -0.4 is 5.32 Å². The van der Waals surface area contributed by atoms with Gasteiger partial charge >= 0.3 is 12.2 Å². The zero-order chi connectivity index (χ0) is 24.5. The lowest BCUT2D eigenvalue weighted by molar-refractivity contribution is -0.144. The van der Waals surface area contributed by atoms with Crippen molar-refractivity contribution in [2.24, 2.45) is 5.10 Å². The second kappa shape index (κ2) is 9.37. The highest BCUT2D eigenvalue weighted by molar-refractivity contribution is 6.08. The fourth-order valence-electron chi connectivity index (χ4n) is 3.76. The van der Waals surface area contributed by atoms with Crippen molar-refractivity contribution in [2.75, 3.05) is 26.3 Å². The largest absolute Gasteiger partial charge is 0.433 e. The Labute approximate surface area is 192 Å². The first-order valence-electron chi connectivity index (χ1n) is 10.5. The van der Waals surface area contributed by atoms with E-state index in [0.717, 1.165) is 17.3 Å². The number of hydrazone groups is 1. The standard InChI is InChI=1S/C22H21F4N5O3/c1-13(15-4-7-18(27-10-15)22(24,25)26)28-21(33)31-11-17(30-8-9-34-12-19(30)32)20(29-31)14-2-5-16(23)6-3-14/h2-7,10,13,17H,8-9,11-12H2,1H3,(H,28,33)/t13-,17+/m1/s1. The predicted molar refractivity (Wildman–Crippen MR) is 112 cm³/mol. The summed E-state index contributed by atoms with van der Waals surface area (Å²) in [6.07, 6.45) is -3.50. The number of pyridine rings is 1. The molecule has 3 amide bonds. The number of nitrogens with one attached hydrogen (secondary N) is 1. The topological polar surface area (TPSA) is 87.1 Å². The molecule has 2 aliphatic heterocycles. The molecular weight excluding hydrogens is 458 g/mol. The number of carbonyl (C=O) groups is 2. The minimum absolute atomic E-state index is 0.0578. The minimum Gasteiger partial charge on any atom is -0.370 e. The van der Waals surface area contributed by atoms with Gasteiger partial charge in [-0.2, -0.15) is 18.3 Å². The molecule has 2 atom stereocenters. The lowest BCUT2D eigenvalue weighted by atomic mass is 10.0. The van der Waals surface area contributed by atoms with Crippen LogP contribution in [-0.2, 0) is 15.7 Å². The van der Waals surface area contributed by atoms with Gasteiger partial charge < -0.3 is 15.0 Å². The third-order valence-electron chi connectivity index (χ3n) is 5.58. The monoisotopic (exact) mass is 479 g/mol. The first kappa shape index (κ1) is 23.6. The fraction of sp³-hybridized carbons (Fsp3) is 0.364. The summed E-state index contributed by atoms with van der Waals surface area (Å²) < 4.78 is 56.8. The van der Waals surface area contributed by atoms with Crippen LogP contribution in [-0.4, -0.2) is 64.9 Å². The first-order valence-corrected chi connectivity index (χ1v) is 10.5. The van der Waals surface area contributed by atoms with E-state index in [2.05, 4.69) is 15.4 Å². The van der Waals surface area contributed by atoms with Gasteiger partial charge in [-0.1, -0.05) is 18.2 Å². The molecule has 1 saturated heterocycles. The van der Waals surface area contributed by atoms with Crippen molar-refractivity contribution < 1.29 is 31.9 Å². The lowest BCUT2D eigenvalue weighted by Gasteiger charge is -2.32. The van der Waals surface area contributed by atoms with Crippen LogP contribution in [0.5, 0.6) is 0 Å². The van der Waals surface area contributed by atoms with Crippen molar-refractivity contribution >= 4 is 17.6 Å². The van der Waals surface area contributed by atoms with Gasteiger partial charge in [-0.3, -0.25) is 9.78 Å². The van der Waals surface area contributed by atoms with E-state index in [-0.39, 0.29) is 19.1 Å². The summed E-state index contributed by atoms with van der Waals surface area (Å²) in [7, 11) is 0. The smallest absolute Gasteiger partial charge is 0.370 e. The average Bonchev–Trinajstić information content (AvgIpc) is 3.25. The van der Waals surface area contributed by atoms with E-state index in [4.69, 9.17) is 4.74 Å². The minimum atomic E-state index is -4.56. The Hall–Kier alpha value is -3.54. The molecule has 1 aromatic heterocycles. The maximum absolute atomic E-state index is 13.4. The highest BCUT2D eigenvalue weighted by atomic mass is 19.4. The molecule has 8 nitrogen and oxygen atoms in total. The summed E-state index contributed by atoms with van der Waals surface area (Å²) in [6, 6.07) is 5.83. The zero-order valence-corrected chi connectivity index (χ0v) is 18.1. The molecule has 0 bridgehead atoms. The van der Waals surface area contributed by atoms with Crippen LogP contribution in [0.15, 0.2) is 47.7 Å². The quantitative estimate of drug-likeness (QED) is 0.684. The van der Waals surface area contributed by atoms with Crippen LogP contribution in [0, 0.1) is 5.82 Å². The van der Waals surface area contributed by atoms with E-state index in [1.807, 2.05) is 0 Å². The molecule has 3 heterocycles. The first-order chi connectivity index (χ1) is 16.1.